The maximum absolute atomic E-state index is 12.5. The molecule has 1 aromatic heterocycles. The van der Waals surface area contributed by atoms with Gasteiger partial charge >= 0.3 is 0 Å². The fraction of sp³-hybridized carbons (Fsp3) is 0.357. The Balaban J connectivity index is 2.36. The zero-order chi connectivity index (χ0) is 14.4. The normalized spacial score (nSPS) is 11.3. The van der Waals surface area contributed by atoms with Crippen molar-refractivity contribution in [3.63, 3.8) is 0 Å². The Morgan fingerprint density at radius 3 is 2.40 bits per heavy atom. The van der Waals surface area contributed by atoms with Crippen LogP contribution < -0.4 is 5.43 Å². The molecule has 108 valence electrons. The van der Waals surface area contributed by atoms with E-state index in [0.717, 1.165) is 0 Å². The summed E-state index contributed by atoms with van der Waals surface area (Å²) in [5.74, 6) is 1.07. The van der Waals surface area contributed by atoms with Crippen LogP contribution in [0.1, 0.15) is 10.1 Å². The Morgan fingerprint density at radius 1 is 1.10 bits per heavy atom. The van der Waals surface area contributed by atoms with Crippen molar-refractivity contribution in [1.29, 1.82) is 0 Å². The molecule has 0 saturated carbocycles. The van der Waals surface area contributed by atoms with Crippen molar-refractivity contribution in [2.75, 3.05) is 24.7 Å². The summed E-state index contributed by atoms with van der Waals surface area (Å²) in [5, 5.41) is 18.5. The van der Waals surface area contributed by atoms with Crippen LogP contribution in [0.2, 0.25) is 0 Å². The van der Waals surface area contributed by atoms with Gasteiger partial charge in [-0.15, -0.1) is 23.5 Å². The molecule has 4 nitrogen and oxygen atoms in total. The van der Waals surface area contributed by atoms with Crippen LogP contribution in [-0.2, 0) is 0 Å². The predicted octanol–water partition coefficient (Wildman–Crippen LogP) is 2.24. The fourth-order valence-corrected chi connectivity index (χ4v) is 4.09. The van der Waals surface area contributed by atoms with Gasteiger partial charge in [0.2, 0.25) is 0 Å². The van der Waals surface area contributed by atoms with Gasteiger partial charge in [0.25, 0.3) is 0 Å². The van der Waals surface area contributed by atoms with E-state index in [1.165, 1.54) is 29.8 Å². The number of aliphatic hydroxyl groups is 2. The van der Waals surface area contributed by atoms with Crippen molar-refractivity contribution in [2.24, 2.45) is 0 Å². The first-order valence-corrected chi connectivity index (χ1v) is 8.33. The van der Waals surface area contributed by atoms with E-state index >= 15 is 0 Å². The summed E-state index contributed by atoms with van der Waals surface area (Å²) in [5.41, 5.74) is 1.09. The third-order valence-electron chi connectivity index (χ3n) is 2.68. The Bertz CT molecular complexity index is 603. The highest BCUT2D eigenvalue weighted by molar-refractivity contribution is 8.16. The molecule has 0 atom stereocenters. The SMILES string of the molecule is O=c1c(C(SCCO)SCCO)coc2ccccc12. The van der Waals surface area contributed by atoms with E-state index in [1.54, 1.807) is 18.2 Å². The Morgan fingerprint density at radius 2 is 1.75 bits per heavy atom. The number of hydrogen-bond acceptors (Lipinski definition) is 6. The van der Waals surface area contributed by atoms with Crippen LogP contribution in [0.25, 0.3) is 11.0 Å². The Kier molecular flexibility index (Phi) is 5.97. The van der Waals surface area contributed by atoms with Crippen LogP contribution in [-0.4, -0.2) is 34.9 Å². The van der Waals surface area contributed by atoms with E-state index in [0.29, 0.717) is 28.0 Å². The molecule has 0 aliphatic rings. The first-order chi connectivity index (χ1) is 9.77. The Hall–Kier alpha value is -0.950. The standard InChI is InChI=1S/C14H16O4S2/c15-5-7-19-14(20-8-6-16)11-9-18-12-4-2-1-3-10(12)13(11)17/h1-4,9,14-16H,5-8H2. The number of fused-ring (bicyclic) bond motifs is 1. The highest BCUT2D eigenvalue weighted by Gasteiger charge is 2.18. The molecule has 0 spiro atoms. The quantitative estimate of drug-likeness (QED) is 0.764. The first kappa shape index (κ1) is 15.4. The fourth-order valence-electron chi connectivity index (χ4n) is 1.80. The summed E-state index contributed by atoms with van der Waals surface area (Å²) in [7, 11) is 0. The summed E-state index contributed by atoms with van der Waals surface area (Å²) >= 11 is 2.96. The van der Waals surface area contributed by atoms with Crippen LogP contribution in [0.4, 0.5) is 0 Å². The molecule has 6 heteroatoms. The second kappa shape index (κ2) is 7.73. The molecular weight excluding hydrogens is 296 g/mol. The second-order valence-corrected chi connectivity index (χ2v) is 6.76. The smallest absolute Gasteiger partial charge is 0.197 e. The van der Waals surface area contributed by atoms with Gasteiger partial charge in [-0.3, -0.25) is 4.79 Å². The number of para-hydroxylation sites is 1. The van der Waals surface area contributed by atoms with E-state index in [9.17, 15) is 4.79 Å². The number of benzene rings is 1. The van der Waals surface area contributed by atoms with Gasteiger partial charge in [-0.2, -0.15) is 0 Å². The summed E-state index contributed by atoms with van der Waals surface area (Å²) < 4.78 is 5.37. The van der Waals surface area contributed by atoms with Crippen molar-refractivity contribution in [3.8, 4) is 0 Å². The van der Waals surface area contributed by atoms with E-state index in [-0.39, 0.29) is 23.2 Å². The molecule has 1 heterocycles. The van der Waals surface area contributed by atoms with E-state index < -0.39 is 0 Å². The van der Waals surface area contributed by atoms with Crippen molar-refractivity contribution < 1.29 is 14.6 Å². The highest BCUT2D eigenvalue weighted by Crippen LogP contribution is 2.38. The van der Waals surface area contributed by atoms with Crippen LogP contribution in [0.3, 0.4) is 0 Å². The van der Waals surface area contributed by atoms with Crippen LogP contribution in [0.5, 0.6) is 0 Å². The topological polar surface area (TPSA) is 70.7 Å². The van der Waals surface area contributed by atoms with Gasteiger partial charge in [0.15, 0.2) is 5.43 Å². The van der Waals surface area contributed by atoms with Gasteiger partial charge in [0.05, 0.1) is 28.7 Å². The Labute approximate surface area is 125 Å². The average Bonchev–Trinajstić information content (AvgIpc) is 2.49. The van der Waals surface area contributed by atoms with Gasteiger partial charge in [-0.05, 0) is 12.1 Å². The molecule has 2 rings (SSSR count). The molecule has 0 amide bonds. The zero-order valence-electron chi connectivity index (χ0n) is 10.8. The van der Waals surface area contributed by atoms with Crippen molar-refractivity contribution >= 4 is 34.5 Å². The third kappa shape index (κ3) is 3.58. The molecule has 20 heavy (non-hydrogen) atoms. The van der Waals surface area contributed by atoms with E-state index in [4.69, 9.17) is 14.6 Å². The minimum absolute atomic E-state index is 0.0484. The lowest BCUT2D eigenvalue weighted by Crippen LogP contribution is -2.11. The minimum atomic E-state index is -0.143. The van der Waals surface area contributed by atoms with Crippen molar-refractivity contribution in [3.05, 3.63) is 46.3 Å². The summed E-state index contributed by atoms with van der Waals surface area (Å²) in [6, 6.07) is 7.13. The molecule has 0 saturated heterocycles. The van der Waals surface area contributed by atoms with E-state index in [2.05, 4.69) is 0 Å². The highest BCUT2D eigenvalue weighted by atomic mass is 32.2. The number of aliphatic hydroxyl groups excluding tert-OH is 2. The van der Waals surface area contributed by atoms with Gasteiger partial charge in [-0.25, -0.2) is 0 Å². The van der Waals surface area contributed by atoms with Gasteiger partial charge < -0.3 is 14.6 Å². The molecule has 2 aromatic rings. The largest absolute Gasteiger partial charge is 0.464 e. The van der Waals surface area contributed by atoms with E-state index in [1.807, 2.05) is 6.07 Å². The maximum atomic E-state index is 12.5. The number of rotatable bonds is 7. The molecule has 0 unspecified atom stereocenters. The molecule has 0 bridgehead atoms. The monoisotopic (exact) mass is 312 g/mol. The van der Waals surface area contributed by atoms with Crippen molar-refractivity contribution in [2.45, 2.75) is 4.58 Å². The molecule has 0 aliphatic carbocycles. The van der Waals surface area contributed by atoms with Gasteiger partial charge in [-0.1, -0.05) is 12.1 Å². The second-order valence-electron chi connectivity index (χ2n) is 4.04. The number of thioether (sulfide) groups is 2. The van der Waals surface area contributed by atoms with Crippen LogP contribution >= 0.6 is 23.5 Å². The summed E-state index contributed by atoms with van der Waals surface area (Å²) in [4.78, 5) is 12.5. The molecule has 0 radical (unpaired) electrons. The summed E-state index contributed by atoms with van der Waals surface area (Å²) in [6.45, 7) is 0.111. The summed E-state index contributed by atoms with van der Waals surface area (Å²) in [6.07, 6.45) is 1.49. The van der Waals surface area contributed by atoms with Crippen LogP contribution in [0.15, 0.2) is 39.7 Å². The van der Waals surface area contributed by atoms with Gasteiger partial charge in [0.1, 0.15) is 11.8 Å². The minimum Gasteiger partial charge on any atom is -0.464 e. The molecule has 2 N–H and O–H groups in total. The molecule has 0 aliphatic heterocycles. The maximum Gasteiger partial charge on any atom is 0.197 e. The number of hydrogen-bond donors (Lipinski definition) is 2. The third-order valence-corrected chi connectivity index (χ3v) is 5.45. The zero-order valence-corrected chi connectivity index (χ0v) is 12.5. The lowest BCUT2D eigenvalue weighted by molar-refractivity contribution is 0.322. The molecule has 1 aromatic carbocycles. The van der Waals surface area contributed by atoms with Gasteiger partial charge in [0, 0.05) is 11.5 Å². The average molecular weight is 312 g/mol. The first-order valence-electron chi connectivity index (χ1n) is 6.23. The van der Waals surface area contributed by atoms with Crippen LogP contribution in [0, 0.1) is 0 Å². The predicted molar refractivity (Wildman–Crippen MR) is 84.3 cm³/mol. The lowest BCUT2D eigenvalue weighted by atomic mass is 10.2. The molecule has 0 fully saturated rings. The molecular formula is C14H16O4S2. The lowest BCUT2D eigenvalue weighted by Gasteiger charge is -2.14. The van der Waals surface area contributed by atoms with Crippen molar-refractivity contribution in [1.82, 2.24) is 0 Å².